The molecular weight excluding hydrogens is 240 g/mol. The minimum absolute atomic E-state index is 0.0181. The molecule has 0 aromatic heterocycles. The van der Waals surface area contributed by atoms with Crippen molar-refractivity contribution < 1.29 is 9.53 Å². The molecule has 1 atom stereocenters. The fraction of sp³-hybridized carbons (Fsp3) is 0.467. The molecule has 1 unspecified atom stereocenters. The van der Waals surface area contributed by atoms with Crippen molar-refractivity contribution in [1.82, 2.24) is 4.90 Å². The second-order valence-corrected chi connectivity index (χ2v) is 5.18. The molecule has 0 saturated carbocycles. The van der Waals surface area contributed by atoms with Crippen molar-refractivity contribution >= 4 is 5.91 Å². The van der Waals surface area contributed by atoms with E-state index >= 15 is 0 Å². The largest absolute Gasteiger partial charge is 0.493 e. The lowest BCUT2D eigenvalue weighted by atomic mass is 9.98. The molecule has 0 aliphatic carbocycles. The molecule has 1 aromatic carbocycles. The van der Waals surface area contributed by atoms with Crippen LogP contribution >= 0.6 is 0 Å². The summed E-state index contributed by atoms with van der Waals surface area (Å²) in [4.78, 5) is 13.7. The number of piperidine rings is 1. The number of ether oxygens (including phenoxy) is 1. The van der Waals surface area contributed by atoms with E-state index < -0.39 is 0 Å². The average Bonchev–Trinajstić information content (AvgIpc) is 2.89. The first-order valence-corrected chi connectivity index (χ1v) is 6.68. The van der Waals surface area contributed by atoms with Crippen LogP contribution in [0, 0.1) is 17.2 Å². The van der Waals surface area contributed by atoms with E-state index in [2.05, 4.69) is 12.1 Å². The third-order valence-electron chi connectivity index (χ3n) is 3.81. The van der Waals surface area contributed by atoms with E-state index in [0.29, 0.717) is 25.9 Å². The maximum atomic E-state index is 11.9. The van der Waals surface area contributed by atoms with Crippen LogP contribution in [0.5, 0.6) is 5.75 Å². The van der Waals surface area contributed by atoms with Crippen molar-refractivity contribution in [2.45, 2.75) is 25.8 Å². The Morgan fingerprint density at radius 2 is 2.32 bits per heavy atom. The average molecular weight is 256 g/mol. The van der Waals surface area contributed by atoms with Crippen molar-refractivity contribution in [1.29, 1.82) is 5.26 Å². The number of likely N-dealkylation sites (tertiary alicyclic amines) is 1. The van der Waals surface area contributed by atoms with Crippen molar-refractivity contribution in [2.75, 3.05) is 13.2 Å². The minimum atomic E-state index is -0.0181. The summed E-state index contributed by atoms with van der Waals surface area (Å²) in [5.74, 6) is 1.10. The fourth-order valence-electron chi connectivity index (χ4n) is 2.73. The first-order chi connectivity index (χ1) is 9.26. The summed E-state index contributed by atoms with van der Waals surface area (Å²) in [7, 11) is 0. The highest BCUT2D eigenvalue weighted by Gasteiger charge is 2.25. The molecule has 1 amide bonds. The lowest BCUT2D eigenvalue weighted by molar-refractivity contribution is -0.134. The van der Waals surface area contributed by atoms with E-state index in [9.17, 15) is 4.79 Å². The molecule has 0 N–H and O–H groups in total. The van der Waals surface area contributed by atoms with Crippen LogP contribution in [0.2, 0.25) is 0 Å². The van der Waals surface area contributed by atoms with Gasteiger partial charge in [-0.1, -0.05) is 12.1 Å². The van der Waals surface area contributed by atoms with E-state index in [1.165, 1.54) is 5.56 Å². The van der Waals surface area contributed by atoms with Gasteiger partial charge in [-0.15, -0.1) is 0 Å². The summed E-state index contributed by atoms with van der Waals surface area (Å²) in [6.45, 7) is 1.91. The number of carbonyl (C=O) groups excluding carboxylic acids is 1. The first kappa shape index (κ1) is 12.0. The maximum absolute atomic E-state index is 11.9. The number of nitriles is 1. The van der Waals surface area contributed by atoms with Gasteiger partial charge in [-0.2, -0.15) is 5.26 Å². The highest BCUT2D eigenvalue weighted by Crippen LogP contribution is 2.27. The Balaban J connectivity index is 1.73. The summed E-state index contributed by atoms with van der Waals surface area (Å²) >= 11 is 0. The van der Waals surface area contributed by atoms with Crippen molar-refractivity contribution in [3.63, 3.8) is 0 Å². The van der Waals surface area contributed by atoms with Crippen molar-refractivity contribution in [2.24, 2.45) is 5.92 Å². The van der Waals surface area contributed by atoms with Crippen molar-refractivity contribution in [3.8, 4) is 11.8 Å². The molecule has 1 saturated heterocycles. The van der Waals surface area contributed by atoms with Gasteiger partial charge in [-0.3, -0.25) is 4.79 Å². The van der Waals surface area contributed by atoms with Gasteiger partial charge in [0.15, 0.2) is 0 Å². The standard InChI is InChI=1S/C15H16N2O2/c16-8-12-2-4-15(18)17(10-12)9-11-1-3-14-13(7-11)5-6-19-14/h1,3,7,12H,2,4-6,9-10H2. The molecule has 2 aliphatic heterocycles. The Morgan fingerprint density at radius 3 is 3.16 bits per heavy atom. The summed E-state index contributed by atoms with van der Waals surface area (Å²) in [6, 6.07) is 8.37. The van der Waals surface area contributed by atoms with Gasteiger partial charge in [-0.05, 0) is 23.6 Å². The number of hydrogen-bond donors (Lipinski definition) is 0. The van der Waals surface area contributed by atoms with Crippen LogP contribution in [0.4, 0.5) is 0 Å². The topological polar surface area (TPSA) is 53.3 Å². The lowest BCUT2D eigenvalue weighted by Crippen LogP contribution is -2.38. The molecule has 0 bridgehead atoms. The number of nitrogens with zero attached hydrogens (tertiary/aromatic N) is 2. The number of amides is 1. The molecule has 1 fully saturated rings. The van der Waals surface area contributed by atoms with Gasteiger partial charge in [0, 0.05) is 25.9 Å². The Bertz CT molecular complexity index is 548. The Hall–Kier alpha value is -2.02. The zero-order valence-electron chi connectivity index (χ0n) is 10.8. The van der Waals surface area contributed by atoms with E-state index in [1.54, 1.807) is 4.90 Å². The van der Waals surface area contributed by atoms with Gasteiger partial charge in [0.2, 0.25) is 5.91 Å². The quantitative estimate of drug-likeness (QED) is 0.812. The monoisotopic (exact) mass is 256 g/mol. The molecule has 19 heavy (non-hydrogen) atoms. The molecule has 4 nitrogen and oxygen atoms in total. The van der Waals surface area contributed by atoms with Crippen LogP contribution in [0.25, 0.3) is 0 Å². The van der Waals surface area contributed by atoms with E-state index in [0.717, 1.165) is 24.3 Å². The number of hydrogen-bond acceptors (Lipinski definition) is 3. The highest BCUT2D eigenvalue weighted by atomic mass is 16.5. The van der Waals surface area contributed by atoms with Crippen molar-refractivity contribution in [3.05, 3.63) is 29.3 Å². The van der Waals surface area contributed by atoms with E-state index in [-0.39, 0.29) is 11.8 Å². The van der Waals surface area contributed by atoms with E-state index in [4.69, 9.17) is 10.00 Å². The third-order valence-corrected chi connectivity index (χ3v) is 3.81. The number of carbonyl (C=O) groups is 1. The normalized spacial score (nSPS) is 21.7. The van der Waals surface area contributed by atoms with Crippen LogP contribution in [0.15, 0.2) is 18.2 Å². The molecule has 2 heterocycles. The SMILES string of the molecule is N#CC1CCC(=O)N(Cc2ccc3c(c2)CCO3)C1. The van der Waals surface area contributed by atoms with Crippen LogP contribution < -0.4 is 4.74 Å². The van der Waals surface area contributed by atoms with Gasteiger partial charge in [-0.25, -0.2) is 0 Å². The lowest BCUT2D eigenvalue weighted by Gasteiger charge is -2.29. The van der Waals surface area contributed by atoms with Gasteiger partial charge >= 0.3 is 0 Å². The second kappa shape index (κ2) is 4.93. The second-order valence-electron chi connectivity index (χ2n) is 5.18. The van der Waals surface area contributed by atoms with Crippen LogP contribution in [0.1, 0.15) is 24.0 Å². The van der Waals surface area contributed by atoms with Gasteiger partial charge in [0.05, 0.1) is 18.6 Å². The van der Waals surface area contributed by atoms with E-state index in [1.807, 2.05) is 12.1 Å². The molecule has 4 heteroatoms. The molecule has 3 rings (SSSR count). The number of rotatable bonds is 2. The zero-order chi connectivity index (χ0) is 13.2. The van der Waals surface area contributed by atoms with Gasteiger partial charge in [0.1, 0.15) is 5.75 Å². The predicted molar refractivity (Wildman–Crippen MR) is 69.4 cm³/mol. The molecule has 0 spiro atoms. The van der Waals surface area contributed by atoms with Gasteiger partial charge in [0.25, 0.3) is 0 Å². The minimum Gasteiger partial charge on any atom is -0.493 e. The van der Waals surface area contributed by atoms with Crippen LogP contribution in [-0.4, -0.2) is 24.0 Å². The third kappa shape index (κ3) is 2.41. The molecule has 0 radical (unpaired) electrons. The Morgan fingerprint density at radius 1 is 1.42 bits per heavy atom. The summed E-state index contributed by atoms with van der Waals surface area (Å²) in [5, 5.41) is 8.98. The summed E-state index contributed by atoms with van der Waals surface area (Å²) < 4.78 is 5.48. The zero-order valence-corrected chi connectivity index (χ0v) is 10.8. The van der Waals surface area contributed by atoms with Crippen LogP contribution in [0.3, 0.4) is 0 Å². The fourth-order valence-corrected chi connectivity index (χ4v) is 2.73. The summed E-state index contributed by atoms with van der Waals surface area (Å²) in [5.41, 5.74) is 2.34. The first-order valence-electron chi connectivity index (χ1n) is 6.68. The summed E-state index contributed by atoms with van der Waals surface area (Å²) in [6.07, 6.45) is 2.13. The Labute approximate surface area is 112 Å². The maximum Gasteiger partial charge on any atom is 0.222 e. The smallest absolute Gasteiger partial charge is 0.222 e. The molecule has 98 valence electrons. The predicted octanol–water partition coefficient (Wildman–Crippen LogP) is 1.88. The number of fused-ring (bicyclic) bond motifs is 1. The van der Waals surface area contributed by atoms with Crippen LogP contribution in [-0.2, 0) is 17.8 Å². The molecular formula is C15H16N2O2. The molecule has 1 aromatic rings. The van der Waals surface area contributed by atoms with Gasteiger partial charge < -0.3 is 9.64 Å². The Kier molecular flexibility index (Phi) is 3.12. The highest BCUT2D eigenvalue weighted by molar-refractivity contribution is 5.77. The number of benzene rings is 1. The molecule has 2 aliphatic rings.